The number of hydrogen-bond donors (Lipinski definition) is 2. The first kappa shape index (κ1) is 21.1. The van der Waals surface area contributed by atoms with Gasteiger partial charge in [0.1, 0.15) is 0 Å². The van der Waals surface area contributed by atoms with Crippen molar-refractivity contribution in [3.63, 3.8) is 0 Å². The van der Waals surface area contributed by atoms with Crippen molar-refractivity contribution < 1.29 is 14.5 Å². The van der Waals surface area contributed by atoms with E-state index in [-0.39, 0.29) is 17.7 Å². The molecule has 0 aliphatic carbocycles. The quantitative estimate of drug-likeness (QED) is 0.608. The molecule has 1 saturated heterocycles. The van der Waals surface area contributed by atoms with Crippen LogP contribution in [-0.4, -0.2) is 44.4 Å². The van der Waals surface area contributed by atoms with E-state index in [4.69, 9.17) is 0 Å². The van der Waals surface area contributed by atoms with Gasteiger partial charge in [-0.05, 0) is 60.5 Å². The van der Waals surface area contributed by atoms with Crippen LogP contribution in [0.2, 0.25) is 0 Å². The van der Waals surface area contributed by atoms with Gasteiger partial charge in [-0.15, -0.1) is 0 Å². The van der Waals surface area contributed by atoms with Crippen LogP contribution in [-0.2, 0) is 4.79 Å². The fourth-order valence-corrected chi connectivity index (χ4v) is 4.24. The van der Waals surface area contributed by atoms with Crippen molar-refractivity contribution in [2.45, 2.75) is 19.9 Å². The van der Waals surface area contributed by atoms with E-state index in [0.717, 1.165) is 43.0 Å². The Morgan fingerprint density at radius 3 is 2.32 bits per heavy atom. The van der Waals surface area contributed by atoms with Crippen molar-refractivity contribution in [1.82, 2.24) is 5.32 Å². The molecule has 4 rings (SSSR count). The van der Waals surface area contributed by atoms with Crippen LogP contribution in [0.3, 0.4) is 0 Å². The van der Waals surface area contributed by atoms with Crippen LogP contribution in [0.5, 0.6) is 0 Å². The van der Waals surface area contributed by atoms with Gasteiger partial charge in [0.15, 0.2) is 12.3 Å². The third-order valence-electron chi connectivity index (χ3n) is 6.17. The molecule has 1 fully saturated rings. The lowest BCUT2D eigenvalue weighted by Gasteiger charge is -2.33. The van der Waals surface area contributed by atoms with Crippen LogP contribution in [0.15, 0.2) is 66.7 Å². The van der Waals surface area contributed by atoms with Crippen LogP contribution >= 0.6 is 0 Å². The van der Waals surface area contributed by atoms with E-state index in [1.54, 1.807) is 6.92 Å². The number of nitrogens with zero attached hydrogens (tertiary/aromatic N) is 1. The predicted molar refractivity (Wildman–Crippen MR) is 125 cm³/mol. The van der Waals surface area contributed by atoms with Gasteiger partial charge in [0.2, 0.25) is 0 Å². The highest BCUT2D eigenvalue weighted by molar-refractivity contribution is 5.94. The summed E-state index contributed by atoms with van der Waals surface area (Å²) in [6.07, 6.45) is 0. The van der Waals surface area contributed by atoms with Gasteiger partial charge < -0.3 is 15.1 Å². The Morgan fingerprint density at radius 2 is 1.65 bits per heavy atom. The van der Waals surface area contributed by atoms with Crippen molar-refractivity contribution in [2.24, 2.45) is 0 Å². The number of amides is 1. The second kappa shape index (κ2) is 9.31. The average molecular weight is 417 g/mol. The Morgan fingerprint density at radius 1 is 0.968 bits per heavy atom. The summed E-state index contributed by atoms with van der Waals surface area (Å²) in [7, 11) is 0. The van der Waals surface area contributed by atoms with Crippen molar-refractivity contribution >= 4 is 28.2 Å². The normalized spacial score (nSPS) is 15.6. The van der Waals surface area contributed by atoms with E-state index in [9.17, 15) is 9.59 Å². The minimum Gasteiger partial charge on any atom is -0.360 e. The molecule has 0 bridgehead atoms. The number of Topliss-reactive ketones (excluding diaryl/α,β-unsaturated/α-hetero) is 1. The molecular weight excluding hydrogens is 386 g/mol. The summed E-state index contributed by atoms with van der Waals surface area (Å²) < 4.78 is 0. The molecule has 5 nitrogen and oxygen atoms in total. The molecule has 1 atom stereocenters. The number of rotatable bonds is 6. The maximum Gasteiger partial charge on any atom is 0.275 e. The maximum atomic E-state index is 12.6. The SMILES string of the molecule is CC(=O)c1ccc(N2CC[NH+](CC(=O)N[C@@H](C)c3ccc4ccccc4c3)CC2)cc1. The minimum atomic E-state index is -0.0161. The highest BCUT2D eigenvalue weighted by Crippen LogP contribution is 2.20. The number of carbonyl (C=O) groups excluding carboxylic acids is 2. The first-order valence-electron chi connectivity index (χ1n) is 11.0. The van der Waals surface area contributed by atoms with Gasteiger partial charge in [-0.1, -0.05) is 36.4 Å². The summed E-state index contributed by atoms with van der Waals surface area (Å²) in [4.78, 5) is 27.7. The van der Waals surface area contributed by atoms with Gasteiger partial charge in [-0.2, -0.15) is 0 Å². The lowest BCUT2D eigenvalue weighted by atomic mass is 10.0. The number of benzene rings is 3. The van der Waals surface area contributed by atoms with Crippen molar-refractivity contribution in [3.05, 3.63) is 77.9 Å². The van der Waals surface area contributed by atoms with Crippen LogP contribution < -0.4 is 15.1 Å². The maximum absolute atomic E-state index is 12.6. The van der Waals surface area contributed by atoms with Gasteiger partial charge >= 0.3 is 0 Å². The number of piperazine rings is 1. The average Bonchev–Trinajstić information content (AvgIpc) is 2.79. The van der Waals surface area contributed by atoms with E-state index >= 15 is 0 Å². The molecule has 3 aromatic rings. The zero-order valence-electron chi connectivity index (χ0n) is 18.2. The van der Waals surface area contributed by atoms with Crippen molar-refractivity contribution in [3.8, 4) is 0 Å². The third-order valence-corrected chi connectivity index (χ3v) is 6.17. The molecule has 31 heavy (non-hydrogen) atoms. The summed E-state index contributed by atoms with van der Waals surface area (Å²) in [5.41, 5.74) is 3.00. The zero-order valence-corrected chi connectivity index (χ0v) is 18.2. The third kappa shape index (κ3) is 5.12. The zero-order chi connectivity index (χ0) is 21.8. The minimum absolute atomic E-state index is 0.0161. The number of anilines is 1. The summed E-state index contributed by atoms with van der Waals surface area (Å²) >= 11 is 0. The molecule has 2 N–H and O–H groups in total. The summed E-state index contributed by atoms with van der Waals surface area (Å²) in [6, 6.07) is 22.4. The Balaban J connectivity index is 1.28. The molecule has 160 valence electrons. The molecule has 0 spiro atoms. The molecule has 3 aromatic carbocycles. The number of quaternary nitrogens is 1. The molecule has 0 aromatic heterocycles. The second-order valence-electron chi connectivity index (χ2n) is 8.41. The smallest absolute Gasteiger partial charge is 0.275 e. The second-order valence-corrected chi connectivity index (χ2v) is 8.41. The molecule has 0 radical (unpaired) electrons. The molecule has 1 heterocycles. The van der Waals surface area contributed by atoms with Gasteiger partial charge in [-0.25, -0.2) is 0 Å². The number of fused-ring (bicyclic) bond motifs is 1. The molecular formula is C26H30N3O2+. The Bertz CT molecular complexity index is 1070. The van der Waals surface area contributed by atoms with E-state index in [2.05, 4.69) is 40.5 Å². The number of hydrogen-bond acceptors (Lipinski definition) is 3. The van der Waals surface area contributed by atoms with E-state index in [0.29, 0.717) is 6.54 Å². The fraction of sp³-hybridized carbons (Fsp3) is 0.308. The Hall–Kier alpha value is -3.18. The molecule has 1 amide bonds. The summed E-state index contributed by atoms with van der Waals surface area (Å²) in [6.45, 7) is 7.78. The van der Waals surface area contributed by atoms with Crippen LogP contribution in [0.25, 0.3) is 10.8 Å². The van der Waals surface area contributed by atoms with Crippen LogP contribution in [0.4, 0.5) is 5.69 Å². The first-order chi connectivity index (χ1) is 15.0. The van der Waals surface area contributed by atoms with E-state index in [1.807, 2.05) is 43.3 Å². The molecule has 0 unspecified atom stereocenters. The first-order valence-corrected chi connectivity index (χ1v) is 11.0. The highest BCUT2D eigenvalue weighted by Gasteiger charge is 2.23. The number of ketones is 1. The van der Waals surface area contributed by atoms with Gasteiger partial charge in [0.05, 0.1) is 32.2 Å². The van der Waals surface area contributed by atoms with E-state index in [1.165, 1.54) is 15.7 Å². The Labute approximate surface area is 183 Å². The number of nitrogens with one attached hydrogen (secondary N) is 2. The van der Waals surface area contributed by atoms with Gasteiger partial charge in [-0.3, -0.25) is 9.59 Å². The lowest BCUT2D eigenvalue weighted by molar-refractivity contribution is -0.892. The summed E-state index contributed by atoms with van der Waals surface area (Å²) in [5, 5.41) is 5.57. The predicted octanol–water partition coefficient (Wildman–Crippen LogP) is 2.62. The monoisotopic (exact) mass is 416 g/mol. The van der Waals surface area contributed by atoms with E-state index < -0.39 is 0 Å². The summed E-state index contributed by atoms with van der Waals surface area (Å²) in [5.74, 6) is 0.180. The van der Waals surface area contributed by atoms with Crippen molar-refractivity contribution in [2.75, 3.05) is 37.6 Å². The fourth-order valence-electron chi connectivity index (χ4n) is 4.24. The highest BCUT2D eigenvalue weighted by atomic mass is 16.2. The molecule has 5 heteroatoms. The lowest BCUT2D eigenvalue weighted by Crippen LogP contribution is -3.15. The molecule has 1 aliphatic rings. The van der Waals surface area contributed by atoms with Gasteiger partial charge in [0, 0.05) is 11.3 Å². The van der Waals surface area contributed by atoms with Crippen molar-refractivity contribution in [1.29, 1.82) is 0 Å². The molecule has 1 aliphatic heterocycles. The molecule has 0 saturated carbocycles. The number of carbonyl (C=O) groups is 2. The standard InChI is InChI=1S/C26H29N3O2/c1-19(23-8-7-22-5-3-4-6-24(22)17-23)27-26(31)18-28-13-15-29(16-14-28)25-11-9-21(10-12-25)20(2)30/h3-12,17,19H,13-16,18H2,1-2H3,(H,27,31)/p+1/t19-/m0/s1. The van der Waals surface area contributed by atoms with Gasteiger partial charge in [0.25, 0.3) is 5.91 Å². The topological polar surface area (TPSA) is 53.9 Å². The van der Waals surface area contributed by atoms with Crippen LogP contribution in [0, 0.1) is 0 Å². The Kier molecular flexibility index (Phi) is 6.33. The van der Waals surface area contributed by atoms with Crippen LogP contribution in [0.1, 0.15) is 35.8 Å². The largest absolute Gasteiger partial charge is 0.360 e.